The first-order valence-corrected chi connectivity index (χ1v) is 7.10. The van der Waals surface area contributed by atoms with Crippen molar-refractivity contribution < 1.29 is 4.79 Å². The SMILES string of the molecule is Cc1cncc(C(=O)N2CCC3(CCNC3)CC2)c1.Cl.Cl. The number of nitrogens with zero attached hydrogens (tertiary/aromatic N) is 2. The lowest BCUT2D eigenvalue weighted by Crippen LogP contribution is -2.44. The van der Waals surface area contributed by atoms with Gasteiger partial charge in [0.05, 0.1) is 5.56 Å². The number of piperidine rings is 1. The van der Waals surface area contributed by atoms with Gasteiger partial charge in [0.25, 0.3) is 5.91 Å². The molecule has 2 saturated heterocycles. The van der Waals surface area contributed by atoms with Crippen molar-refractivity contribution in [3.05, 3.63) is 29.6 Å². The van der Waals surface area contributed by atoms with Gasteiger partial charge < -0.3 is 10.2 Å². The topological polar surface area (TPSA) is 45.2 Å². The van der Waals surface area contributed by atoms with E-state index in [4.69, 9.17) is 0 Å². The second kappa shape index (κ2) is 7.43. The van der Waals surface area contributed by atoms with Crippen molar-refractivity contribution >= 4 is 30.7 Å². The van der Waals surface area contributed by atoms with Crippen LogP contribution in [0.5, 0.6) is 0 Å². The quantitative estimate of drug-likeness (QED) is 0.859. The van der Waals surface area contributed by atoms with Crippen molar-refractivity contribution in [3.63, 3.8) is 0 Å². The van der Waals surface area contributed by atoms with Crippen molar-refractivity contribution in [2.24, 2.45) is 5.41 Å². The molecule has 118 valence electrons. The fourth-order valence-electron chi connectivity index (χ4n) is 3.26. The van der Waals surface area contributed by atoms with Gasteiger partial charge >= 0.3 is 0 Å². The van der Waals surface area contributed by atoms with Gasteiger partial charge in [-0.05, 0) is 49.8 Å². The molecule has 2 fully saturated rings. The van der Waals surface area contributed by atoms with Crippen LogP contribution in [0.15, 0.2) is 18.5 Å². The number of pyridine rings is 1. The van der Waals surface area contributed by atoms with Crippen molar-refractivity contribution in [3.8, 4) is 0 Å². The van der Waals surface area contributed by atoms with Gasteiger partial charge in [-0.15, -0.1) is 24.8 Å². The minimum Gasteiger partial charge on any atom is -0.339 e. The summed E-state index contributed by atoms with van der Waals surface area (Å²) in [5.41, 5.74) is 2.22. The monoisotopic (exact) mass is 331 g/mol. The second-order valence-corrected chi connectivity index (χ2v) is 5.97. The Kier molecular flexibility index (Phi) is 6.44. The number of nitrogens with one attached hydrogen (secondary N) is 1. The summed E-state index contributed by atoms with van der Waals surface area (Å²) in [6, 6.07) is 1.93. The molecule has 2 aliphatic rings. The molecule has 0 radical (unpaired) electrons. The molecule has 0 unspecified atom stereocenters. The van der Waals surface area contributed by atoms with Gasteiger partial charge in [-0.3, -0.25) is 9.78 Å². The largest absolute Gasteiger partial charge is 0.339 e. The lowest BCUT2D eigenvalue weighted by Gasteiger charge is -2.38. The van der Waals surface area contributed by atoms with E-state index in [9.17, 15) is 4.79 Å². The van der Waals surface area contributed by atoms with E-state index in [1.807, 2.05) is 17.9 Å². The Morgan fingerprint density at radius 3 is 2.52 bits per heavy atom. The molecule has 6 heteroatoms. The van der Waals surface area contributed by atoms with Gasteiger partial charge in [-0.1, -0.05) is 0 Å². The molecule has 1 N–H and O–H groups in total. The van der Waals surface area contributed by atoms with Gasteiger partial charge in [0, 0.05) is 32.0 Å². The first-order chi connectivity index (χ1) is 9.19. The van der Waals surface area contributed by atoms with Crippen LogP contribution >= 0.6 is 24.8 Å². The molecule has 2 aliphatic heterocycles. The minimum atomic E-state index is 0. The molecule has 3 heterocycles. The summed E-state index contributed by atoms with van der Waals surface area (Å²) < 4.78 is 0. The Labute approximate surface area is 138 Å². The Bertz CT molecular complexity index is 480. The summed E-state index contributed by atoms with van der Waals surface area (Å²) in [6.07, 6.45) is 6.99. The fourth-order valence-corrected chi connectivity index (χ4v) is 3.26. The molecule has 0 aliphatic carbocycles. The third-order valence-corrected chi connectivity index (χ3v) is 4.57. The zero-order chi connectivity index (χ0) is 13.3. The minimum absolute atomic E-state index is 0. The van der Waals surface area contributed by atoms with Crippen LogP contribution in [0.3, 0.4) is 0 Å². The summed E-state index contributed by atoms with van der Waals surface area (Å²) >= 11 is 0. The molecule has 1 spiro atoms. The molecule has 21 heavy (non-hydrogen) atoms. The van der Waals surface area contributed by atoms with Crippen LogP contribution in [0.2, 0.25) is 0 Å². The van der Waals surface area contributed by atoms with E-state index < -0.39 is 0 Å². The van der Waals surface area contributed by atoms with E-state index in [0.29, 0.717) is 5.41 Å². The van der Waals surface area contributed by atoms with Gasteiger partial charge in [-0.25, -0.2) is 0 Å². The Morgan fingerprint density at radius 2 is 1.95 bits per heavy atom. The number of halogens is 2. The van der Waals surface area contributed by atoms with E-state index in [-0.39, 0.29) is 30.7 Å². The standard InChI is InChI=1S/C15H21N3O.2ClH/c1-12-8-13(10-17-9-12)14(19)18-6-3-15(4-7-18)2-5-16-11-15;;/h8-10,16H,2-7,11H2,1H3;2*1H. The van der Waals surface area contributed by atoms with E-state index in [0.717, 1.165) is 50.1 Å². The average molecular weight is 332 g/mol. The number of rotatable bonds is 1. The molecule has 1 aromatic rings. The van der Waals surface area contributed by atoms with E-state index in [2.05, 4.69) is 10.3 Å². The van der Waals surface area contributed by atoms with Crippen molar-refractivity contribution in [2.75, 3.05) is 26.2 Å². The highest BCUT2D eigenvalue weighted by Crippen LogP contribution is 2.37. The third kappa shape index (κ3) is 3.87. The molecule has 0 atom stereocenters. The van der Waals surface area contributed by atoms with Crippen LogP contribution in [-0.4, -0.2) is 42.0 Å². The first-order valence-electron chi connectivity index (χ1n) is 7.10. The van der Waals surface area contributed by atoms with Crippen LogP contribution in [-0.2, 0) is 0 Å². The third-order valence-electron chi connectivity index (χ3n) is 4.57. The lowest BCUT2D eigenvalue weighted by atomic mass is 9.78. The first kappa shape index (κ1) is 18.2. The highest BCUT2D eigenvalue weighted by Gasteiger charge is 2.38. The number of carbonyl (C=O) groups is 1. The summed E-state index contributed by atoms with van der Waals surface area (Å²) in [5, 5.41) is 3.45. The van der Waals surface area contributed by atoms with Crippen LogP contribution < -0.4 is 5.32 Å². The van der Waals surface area contributed by atoms with Crippen LogP contribution in [0.4, 0.5) is 0 Å². The Morgan fingerprint density at radius 1 is 1.24 bits per heavy atom. The maximum atomic E-state index is 12.4. The molecule has 0 aromatic carbocycles. The van der Waals surface area contributed by atoms with Crippen molar-refractivity contribution in [2.45, 2.75) is 26.2 Å². The van der Waals surface area contributed by atoms with E-state index >= 15 is 0 Å². The number of aryl methyl sites for hydroxylation is 1. The number of amides is 1. The number of carbonyl (C=O) groups excluding carboxylic acids is 1. The fraction of sp³-hybridized carbons (Fsp3) is 0.600. The zero-order valence-electron chi connectivity index (χ0n) is 12.3. The highest BCUT2D eigenvalue weighted by molar-refractivity contribution is 5.94. The number of likely N-dealkylation sites (tertiary alicyclic amines) is 1. The molecule has 1 aromatic heterocycles. The molecular formula is C15H23Cl2N3O. The van der Waals surface area contributed by atoms with Crippen LogP contribution in [0, 0.1) is 12.3 Å². The second-order valence-electron chi connectivity index (χ2n) is 5.97. The summed E-state index contributed by atoms with van der Waals surface area (Å²) in [5.74, 6) is 0.136. The predicted molar refractivity (Wildman–Crippen MR) is 88.5 cm³/mol. The molecule has 0 saturated carbocycles. The zero-order valence-corrected chi connectivity index (χ0v) is 13.9. The van der Waals surface area contributed by atoms with E-state index in [1.165, 1.54) is 6.42 Å². The summed E-state index contributed by atoms with van der Waals surface area (Å²) in [6.45, 7) is 6.00. The number of hydrogen-bond acceptors (Lipinski definition) is 3. The maximum Gasteiger partial charge on any atom is 0.255 e. The lowest BCUT2D eigenvalue weighted by molar-refractivity contribution is 0.0607. The molecule has 4 nitrogen and oxygen atoms in total. The average Bonchev–Trinajstić information content (AvgIpc) is 2.87. The molecule has 1 amide bonds. The summed E-state index contributed by atoms with van der Waals surface area (Å²) in [7, 11) is 0. The van der Waals surface area contributed by atoms with Crippen molar-refractivity contribution in [1.29, 1.82) is 0 Å². The summed E-state index contributed by atoms with van der Waals surface area (Å²) in [4.78, 5) is 18.5. The van der Waals surface area contributed by atoms with Crippen LogP contribution in [0.25, 0.3) is 0 Å². The normalized spacial score (nSPS) is 19.8. The van der Waals surface area contributed by atoms with E-state index in [1.54, 1.807) is 12.4 Å². The number of aromatic nitrogens is 1. The van der Waals surface area contributed by atoms with Gasteiger partial charge in [0.15, 0.2) is 0 Å². The van der Waals surface area contributed by atoms with Gasteiger partial charge in [0.1, 0.15) is 0 Å². The predicted octanol–water partition coefficient (Wildman–Crippen LogP) is 2.45. The van der Waals surface area contributed by atoms with Gasteiger partial charge in [0.2, 0.25) is 0 Å². The van der Waals surface area contributed by atoms with Gasteiger partial charge in [-0.2, -0.15) is 0 Å². The maximum absolute atomic E-state index is 12.4. The smallest absolute Gasteiger partial charge is 0.255 e. The molecular weight excluding hydrogens is 309 g/mol. The van der Waals surface area contributed by atoms with Crippen molar-refractivity contribution in [1.82, 2.24) is 15.2 Å². The molecule has 3 rings (SSSR count). The highest BCUT2D eigenvalue weighted by atomic mass is 35.5. The van der Waals surface area contributed by atoms with Crippen LogP contribution in [0.1, 0.15) is 35.2 Å². The Hall–Kier alpha value is -0.840. The number of hydrogen-bond donors (Lipinski definition) is 1. The molecule has 0 bridgehead atoms. The Balaban J connectivity index is 0.00000110.